The van der Waals surface area contributed by atoms with Gasteiger partial charge in [-0.2, -0.15) is 0 Å². The molecule has 2 aromatic rings. The van der Waals surface area contributed by atoms with Gasteiger partial charge >= 0.3 is 5.69 Å². The maximum atomic E-state index is 12.1. The summed E-state index contributed by atoms with van der Waals surface area (Å²) < 4.78 is 25.2. The van der Waals surface area contributed by atoms with Crippen molar-refractivity contribution in [2.75, 3.05) is 20.3 Å². The number of ether oxygens (including phenoxy) is 2. The molecule has 0 bridgehead atoms. The van der Waals surface area contributed by atoms with E-state index < -0.39 is 44.2 Å². The molecule has 1 aliphatic heterocycles. The van der Waals surface area contributed by atoms with Crippen molar-refractivity contribution in [2.45, 2.75) is 51.1 Å². The van der Waals surface area contributed by atoms with Crippen LogP contribution < -0.4 is 11.2 Å². The van der Waals surface area contributed by atoms with Crippen molar-refractivity contribution in [2.24, 2.45) is 0 Å². The average Bonchev–Trinajstić information content (AvgIpc) is 3.26. The fourth-order valence-corrected chi connectivity index (χ4v) is 4.41. The quantitative estimate of drug-likeness (QED) is 0.485. The molecule has 0 aromatic carbocycles. The number of aliphatic hydroxyl groups excluding tert-OH is 1. The summed E-state index contributed by atoms with van der Waals surface area (Å²) in [5.74, 6) is 0. The zero-order valence-corrected chi connectivity index (χ0v) is 17.9. The minimum absolute atomic E-state index is 0.261. The van der Waals surface area contributed by atoms with Crippen LogP contribution in [0.2, 0.25) is 0 Å². The van der Waals surface area contributed by atoms with Gasteiger partial charge in [0.25, 0.3) is 5.56 Å². The summed E-state index contributed by atoms with van der Waals surface area (Å²) in [5.41, 5.74) is -0.559. The average molecular weight is 443 g/mol. The van der Waals surface area contributed by atoms with Gasteiger partial charge in [0.15, 0.2) is 14.6 Å². The number of aliphatic hydroxyl groups is 1. The fraction of sp³-hybridized carbons (Fsp3) is 0.647. The maximum absolute atomic E-state index is 12.1. The van der Waals surface area contributed by atoms with E-state index in [1.807, 2.05) is 13.8 Å². The molecule has 0 radical (unpaired) electrons. The Labute approximate surface area is 173 Å². The number of hydrogen-bond acceptors (Lipinski definition) is 9. The molecule has 4 atom stereocenters. The smallest absolute Gasteiger partial charge is 0.330 e. The molecule has 3 heterocycles. The van der Waals surface area contributed by atoms with Gasteiger partial charge in [0.2, 0.25) is 0 Å². The van der Waals surface area contributed by atoms with Crippen molar-refractivity contribution >= 4 is 8.38 Å². The van der Waals surface area contributed by atoms with Gasteiger partial charge in [-0.05, 0) is 13.8 Å². The Bertz CT molecular complexity index is 925. The second-order valence-corrected chi connectivity index (χ2v) is 8.00. The summed E-state index contributed by atoms with van der Waals surface area (Å²) >= 11 is 0. The molecule has 0 aliphatic carbocycles. The minimum Gasteiger partial charge on any atom is -0.387 e. The molecule has 13 heteroatoms. The van der Waals surface area contributed by atoms with Crippen LogP contribution in [-0.4, -0.2) is 68.3 Å². The van der Waals surface area contributed by atoms with E-state index in [0.29, 0.717) is 25.2 Å². The number of nitrogens with zero attached hydrogens (tertiary/aromatic N) is 4. The Morgan fingerprint density at radius 3 is 2.67 bits per heavy atom. The standard InChI is InChI=1S/C17H26N5O7P/c1-4-27-30(28-5-2)10-21-9-11(19-20-21)8-12-14(24)15(26-3)16(29-12)22-7-6-13(23)18-17(22)25/h6-7,9,12,14-16,24H,4-5,8,10H2,1-3H3,(H,18,23,25). The monoisotopic (exact) mass is 443 g/mol. The molecule has 12 nitrogen and oxygen atoms in total. The molecular weight excluding hydrogens is 417 g/mol. The third kappa shape index (κ3) is 5.20. The van der Waals surface area contributed by atoms with Gasteiger partial charge in [-0.15, -0.1) is 5.10 Å². The second kappa shape index (κ2) is 10.4. The van der Waals surface area contributed by atoms with E-state index in [2.05, 4.69) is 15.3 Å². The number of hydrogen-bond donors (Lipinski definition) is 2. The van der Waals surface area contributed by atoms with Crippen LogP contribution in [0.1, 0.15) is 25.8 Å². The van der Waals surface area contributed by atoms with Crippen LogP contribution in [0.25, 0.3) is 0 Å². The Morgan fingerprint density at radius 1 is 1.30 bits per heavy atom. The number of rotatable bonds is 10. The number of methoxy groups -OCH3 is 1. The lowest BCUT2D eigenvalue weighted by atomic mass is 10.1. The van der Waals surface area contributed by atoms with Crippen molar-refractivity contribution in [1.82, 2.24) is 24.5 Å². The van der Waals surface area contributed by atoms with Gasteiger partial charge in [-0.3, -0.25) is 14.3 Å². The fourth-order valence-electron chi connectivity index (χ4n) is 3.23. The zero-order chi connectivity index (χ0) is 21.7. The summed E-state index contributed by atoms with van der Waals surface area (Å²) in [6.07, 6.45) is 0.385. The number of H-pyrrole nitrogens is 1. The van der Waals surface area contributed by atoms with Crippen LogP contribution in [0.4, 0.5) is 0 Å². The van der Waals surface area contributed by atoms with E-state index >= 15 is 0 Å². The molecular formula is C17H26N5O7P. The Hall–Kier alpha value is -1.95. The van der Waals surface area contributed by atoms with Crippen molar-refractivity contribution in [3.05, 3.63) is 45.0 Å². The lowest BCUT2D eigenvalue weighted by molar-refractivity contribution is -0.0538. The Morgan fingerprint density at radius 2 is 2.03 bits per heavy atom. The van der Waals surface area contributed by atoms with Crippen molar-refractivity contribution in [1.29, 1.82) is 0 Å². The summed E-state index contributed by atoms with van der Waals surface area (Å²) in [4.78, 5) is 25.6. The molecule has 2 N–H and O–H groups in total. The van der Waals surface area contributed by atoms with Crippen LogP contribution in [0.5, 0.6) is 0 Å². The number of aromatic nitrogens is 5. The molecule has 1 saturated heterocycles. The van der Waals surface area contributed by atoms with Gasteiger partial charge in [0.05, 0.1) is 25.0 Å². The normalized spacial score (nSPS) is 24.0. The molecule has 0 amide bonds. The first-order chi connectivity index (χ1) is 14.5. The first-order valence-electron chi connectivity index (χ1n) is 9.57. The zero-order valence-electron chi connectivity index (χ0n) is 17.0. The van der Waals surface area contributed by atoms with E-state index in [9.17, 15) is 14.7 Å². The minimum atomic E-state index is -1.11. The van der Waals surface area contributed by atoms with Crippen molar-refractivity contribution in [3.63, 3.8) is 0 Å². The number of aromatic amines is 1. The van der Waals surface area contributed by atoms with E-state index in [1.165, 1.54) is 23.9 Å². The van der Waals surface area contributed by atoms with Crippen molar-refractivity contribution in [3.8, 4) is 0 Å². The van der Waals surface area contributed by atoms with Crippen LogP contribution in [0.15, 0.2) is 28.0 Å². The van der Waals surface area contributed by atoms with E-state index in [1.54, 1.807) is 10.9 Å². The van der Waals surface area contributed by atoms with Crippen LogP contribution >= 0.6 is 8.38 Å². The van der Waals surface area contributed by atoms with Crippen LogP contribution in [0.3, 0.4) is 0 Å². The van der Waals surface area contributed by atoms with Gasteiger partial charge < -0.3 is 23.6 Å². The van der Waals surface area contributed by atoms with Gasteiger partial charge in [-0.25, -0.2) is 9.48 Å². The Kier molecular flexibility index (Phi) is 7.87. The highest BCUT2D eigenvalue weighted by atomic mass is 31.2. The highest BCUT2D eigenvalue weighted by molar-refractivity contribution is 7.46. The van der Waals surface area contributed by atoms with Gasteiger partial charge in [0, 0.05) is 32.0 Å². The predicted octanol–water partition coefficient (Wildman–Crippen LogP) is -0.0135. The third-order valence-electron chi connectivity index (χ3n) is 4.51. The first kappa shape index (κ1) is 22.7. The van der Waals surface area contributed by atoms with Crippen LogP contribution in [0, 0.1) is 0 Å². The summed E-state index contributed by atoms with van der Waals surface area (Å²) in [5, 5.41) is 18.9. The highest BCUT2D eigenvalue weighted by Gasteiger charge is 2.45. The highest BCUT2D eigenvalue weighted by Crippen LogP contribution is 2.39. The molecule has 2 aromatic heterocycles. The van der Waals surface area contributed by atoms with E-state index in [0.717, 1.165) is 0 Å². The summed E-state index contributed by atoms with van der Waals surface area (Å²) in [7, 11) is 0.311. The van der Waals surface area contributed by atoms with Gasteiger partial charge in [0.1, 0.15) is 18.5 Å². The second-order valence-electron chi connectivity index (χ2n) is 6.54. The molecule has 30 heavy (non-hydrogen) atoms. The van der Waals surface area contributed by atoms with E-state index in [-0.39, 0.29) is 6.42 Å². The topological polar surface area (TPSA) is 143 Å². The molecule has 4 unspecified atom stereocenters. The summed E-state index contributed by atoms with van der Waals surface area (Å²) in [6, 6.07) is 1.21. The SMILES string of the molecule is CCOP(Cn1cc(CC2OC(n3ccc(=O)[nH]c3=O)C(OC)C2O)nn1)OCC. The lowest BCUT2D eigenvalue weighted by Crippen LogP contribution is -2.38. The molecule has 1 fully saturated rings. The predicted molar refractivity (Wildman–Crippen MR) is 106 cm³/mol. The molecule has 3 rings (SSSR count). The van der Waals surface area contributed by atoms with Crippen LogP contribution in [-0.2, 0) is 31.2 Å². The van der Waals surface area contributed by atoms with E-state index in [4.69, 9.17) is 18.5 Å². The molecule has 0 spiro atoms. The lowest BCUT2D eigenvalue weighted by Gasteiger charge is -2.19. The molecule has 166 valence electrons. The van der Waals surface area contributed by atoms with Crippen molar-refractivity contribution < 1.29 is 23.6 Å². The summed E-state index contributed by atoms with van der Waals surface area (Å²) in [6.45, 7) is 4.88. The molecule has 1 aliphatic rings. The number of nitrogens with one attached hydrogen (secondary N) is 1. The Balaban J connectivity index is 1.70. The molecule has 0 saturated carbocycles. The van der Waals surface area contributed by atoms with Gasteiger partial charge in [-0.1, -0.05) is 5.21 Å². The third-order valence-corrected chi connectivity index (χ3v) is 6.13. The first-order valence-corrected chi connectivity index (χ1v) is 10.9. The largest absolute Gasteiger partial charge is 0.387 e. The maximum Gasteiger partial charge on any atom is 0.330 e.